The van der Waals surface area contributed by atoms with E-state index in [4.69, 9.17) is 4.98 Å². The second-order valence-corrected chi connectivity index (χ2v) is 6.14. The van der Waals surface area contributed by atoms with Crippen LogP contribution in [0.15, 0.2) is 42.7 Å². The van der Waals surface area contributed by atoms with Crippen LogP contribution in [0, 0.1) is 6.92 Å². The normalized spacial score (nSPS) is 15.1. The van der Waals surface area contributed by atoms with Crippen LogP contribution in [0.25, 0.3) is 22.2 Å². The Balaban J connectivity index is 1.89. The zero-order valence-electron chi connectivity index (χ0n) is 13.4. The lowest BCUT2D eigenvalue weighted by Crippen LogP contribution is -2.30. The third-order valence-corrected chi connectivity index (χ3v) is 4.42. The molecule has 1 saturated heterocycles. The van der Waals surface area contributed by atoms with Crippen LogP contribution in [-0.4, -0.2) is 28.0 Å². The number of pyridine rings is 1. The van der Waals surface area contributed by atoms with Gasteiger partial charge in [0.2, 0.25) is 0 Å². The van der Waals surface area contributed by atoms with Gasteiger partial charge in [0.1, 0.15) is 5.82 Å². The van der Waals surface area contributed by atoms with Gasteiger partial charge < -0.3 is 4.90 Å². The number of nitrogens with zero attached hydrogens (tertiary/aromatic N) is 4. The summed E-state index contributed by atoms with van der Waals surface area (Å²) in [5.41, 5.74) is 3.95. The van der Waals surface area contributed by atoms with Gasteiger partial charge in [-0.2, -0.15) is 0 Å². The van der Waals surface area contributed by atoms with Gasteiger partial charge in [0.05, 0.1) is 23.1 Å². The molecule has 3 aromatic rings. The predicted molar refractivity (Wildman–Crippen MR) is 93.6 cm³/mol. The number of para-hydroxylation sites is 1. The second-order valence-electron chi connectivity index (χ2n) is 6.14. The molecule has 1 fully saturated rings. The lowest BCUT2D eigenvalue weighted by Gasteiger charge is -2.29. The number of piperidine rings is 1. The number of hydrogen-bond acceptors (Lipinski definition) is 4. The molecule has 0 atom stereocenters. The van der Waals surface area contributed by atoms with E-state index in [2.05, 4.69) is 39.1 Å². The molecule has 0 bridgehead atoms. The first kappa shape index (κ1) is 14.1. The fourth-order valence-corrected chi connectivity index (χ4v) is 3.17. The van der Waals surface area contributed by atoms with Crippen molar-refractivity contribution in [3.05, 3.63) is 48.4 Å². The molecular weight excluding hydrogens is 284 g/mol. The Morgan fingerprint density at radius 2 is 1.78 bits per heavy atom. The molecule has 4 rings (SSSR count). The van der Waals surface area contributed by atoms with Crippen LogP contribution in [0.3, 0.4) is 0 Å². The van der Waals surface area contributed by atoms with Gasteiger partial charge in [-0.25, -0.2) is 4.98 Å². The Labute approximate surface area is 136 Å². The van der Waals surface area contributed by atoms with Crippen molar-refractivity contribution in [2.45, 2.75) is 26.2 Å². The van der Waals surface area contributed by atoms with Gasteiger partial charge in [0, 0.05) is 30.2 Å². The molecule has 1 aromatic carbocycles. The average molecular weight is 304 g/mol. The standard InChI is InChI=1S/C19H20N4/c1-14-12-21-18(13-20-14)16-11-15-7-3-4-8-17(15)22-19(16)23-9-5-2-6-10-23/h3-4,7-8,11-13H,2,5-6,9-10H2,1H3. The van der Waals surface area contributed by atoms with Gasteiger partial charge in [-0.1, -0.05) is 18.2 Å². The summed E-state index contributed by atoms with van der Waals surface area (Å²) in [7, 11) is 0. The molecular formula is C19H20N4. The van der Waals surface area contributed by atoms with Crippen LogP contribution in [0.2, 0.25) is 0 Å². The minimum atomic E-state index is 0.898. The summed E-state index contributed by atoms with van der Waals surface area (Å²) in [6.45, 7) is 4.09. The average Bonchev–Trinajstić information content (AvgIpc) is 2.62. The first-order valence-electron chi connectivity index (χ1n) is 8.25. The fraction of sp³-hybridized carbons (Fsp3) is 0.316. The molecule has 23 heavy (non-hydrogen) atoms. The first-order valence-corrected chi connectivity index (χ1v) is 8.25. The molecule has 0 aliphatic carbocycles. The predicted octanol–water partition coefficient (Wildman–Crippen LogP) is 3.99. The van der Waals surface area contributed by atoms with Crippen molar-refractivity contribution in [2.24, 2.45) is 0 Å². The molecule has 2 aromatic heterocycles. The Kier molecular flexibility index (Phi) is 3.66. The topological polar surface area (TPSA) is 41.9 Å². The van der Waals surface area contributed by atoms with Crippen molar-refractivity contribution in [3.8, 4) is 11.3 Å². The van der Waals surface area contributed by atoms with E-state index in [9.17, 15) is 0 Å². The number of hydrogen-bond donors (Lipinski definition) is 0. The van der Waals surface area contributed by atoms with Gasteiger partial charge >= 0.3 is 0 Å². The SMILES string of the molecule is Cc1cnc(-c2cc3ccccc3nc2N2CCCCC2)cn1. The highest BCUT2D eigenvalue weighted by molar-refractivity contribution is 5.88. The van der Waals surface area contributed by atoms with Crippen LogP contribution >= 0.6 is 0 Å². The lowest BCUT2D eigenvalue weighted by atomic mass is 10.1. The van der Waals surface area contributed by atoms with Crippen molar-refractivity contribution >= 4 is 16.7 Å². The maximum atomic E-state index is 4.96. The molecule has 0 unspecified atom stereocenters. The highest BCUT2D eigenvalue weighted by Gasteiger charge is 2.18. The van der Waals surface area contributed by atoms with Crippen LogP contribution in [0.5, 0.6) is 0 Å². The summed E-state index contributed by atoms with van der Waals surface area (Å²) in [4.78, 5) is 16.3. The summed E-state index contributed by atoms with van der Waals surface area (Å²) in [6, 6.07) is 10.5. The Morgan fingerprint density at radius 1 is 0.957 bits per heavy atom. The minimum absolute atomic E-state index is 0.898. The molecule has 0 N–H and O–H groups in total. The number of benzene rings is 1. The minimum Gasteiger partial charge on any atom is -0.356 e. The molecule has 116 valence electrons. The summed E-state index contributed by atoms with van der Waals surface area (Å²) in [5.74, 6) is 1.04. The number of anilines is 1. The smallest absolute Gasteiger partial charge is 0.138 e. The molecule has 0 spiro atoms. The number of rotatable bonds is 2. The van der Waals surface area contributed by atoms with Crippen molar-refractivity contribution in [1.82, 2.24) is 15.0 Å². The van der Waals surface area contributed by atoms with Gasteiger partial charge in [-0.15, -0.1) is 0 Å². The Morgan fingerprint density at radius 3 is 2.57 bits per heavy atom. The fourth-order valence-electron chi connectivity index (χ4n) is 3.17. The third kappa shape index (κ3) is 2.77. The summed E-state index contributed by atoms with van der Waals surface area (Å²) >= 11 is 0. The van der Waals surface area contributed by atoms with E-state index in [1.807, 2.05) is 25.4 Å². The number of fused-ring (bicyclic) bond motifs is 1. The van der Waals surface area contributed by atoms with Gasteiger partial charge in [0.15, 0.2) is 0 Å². The molecule has 0 amide bonds. The second kappa shape index (κ2) is 5.95. The maximum absolute atomic E-state index is 4.96. The number of aryl methyl sites for hydroxylation is 1. The molecule has 0 radical (unpaired) electrons. The maximum Gasteiger partial charge on any atom is 0.138 e. The van der Waals surface area contributed by atoms with Crippen molar-refractivity contribution in [3.63, 3.8) is 0 Å². The summed E-state index contributed by atoms with van der Waals surface area (Å²) in [5, 5.41) is 1.14. The molecule has 4 heteroatoms. The quantitative estimate of drug-likeness (QED) is 0.718. The highest BCUT2D eigenvalue weighted by atomic mass is 15.2. The van der Waals surface area contributed by atoms with E-state index in [-0.39, 0.29) is 0 Å². The van der Waals surface area contributed by atoms with E-state index < -0.39 is 0 Å². The van der Waals surface area contributed by atoms with Crippen molar-refractivity contribution in [1.29, 1.82) is 0 Å². The zero-order chi connectivity index (χ0) is 15.6. The van der Waals surface area contributed by atoms with E-state index in [0.29, 0.717) is 0 Å². The summed E-state index contributed by atoms with van der Waals surface area (Å²) < 4.78 is 0. The molecule has 0 saturated carbocycles. The van der Waals surface area contributed by atoms with E-state index in [1.165, 1.54) is 19.3 Å². The Bertz CT molecular complexity index is 820. The van der Waals surface area contributed by atoms with Crippen LogP contribution in [0.1, 0.15) is 25.0 Å². The molecule has 1 aliphatic heterocycles. The van der Waals surface area contributed by atoms with Crippen molar-refractivity contribution < 1.29 is 0 Å². The van der Waals surface area contributed by atoms with Crippen LogP contribution < -0.4 is 4.90 Å². The van der Waals surface area contributed by atoms with Crippen LogP contribution in [-0.2, 0) is 0 Å². The largest absolute Gasteiger partial charge is 0.356 e. The third-order valence-electron chi connectivity index (χ3n) is 4.42. The number of aromatic nitrogens is 3. The zero-order valence-corrected chi connectivity index (χ0v) is 13.4. The van der Waals surface area contributed by atoms with E-state index in [0.717, 1.165) is 46.8 Å². The van der Waals surface area contributed by atoms with Gasteiger partial charge in [-0.3, -0.25) is 9.97 Å². The monoisotopic (exact) mass is 304 g/mol. The molecule has 3 heterocycles. The molecule has 1 aliphatic rings. The Hall–Kier alpha value is -2.49. The highest BCUT2D eigenvalue weighted by Crippen LogP contribution is 2.32. The van der Waals surface area contributed by atoms with Crippen LogP contribution in [0.4, 0.5) is 5.82 Å². The molecule has 4 nitrogen and oxygen atoms in total. The van der Waals surface area contributed by atoms with E-state index in [1.54, 1.807) is 0 Å². The van der Waals surface area contributed by atoms with Gasteiger partial charge in [-0.05, 0) is 38.3 Å². The van der Waals surface area contributed by atoms with E-state index >= 15 is 0 Å². The van der Waals surface area contributed by atoms with Crippen molar-refractivity contribution in [2.75, 3.05) is 18.0 Å². The summed E-state index contributed by atoms with van der Waals surface area (Å²) in [6.07, 6.45) is 7.45. The van der Waals surface area contributed by atoms with Gasteiger partial charge in [0.25, 0.3) is 0 Å². The lowest BCUT2D eigenvalue weighted by molar-refractivity contribution is 0.574. The first-order chi connectivity index (χ1) is 11.3.